The maximum Gasteiger partial charge on any atom is 0.105 e. The minimum absolute atomic E-state index is 0.223. The Morgan fingerprint density at radius 1 is 0.479 bits per heavy atom. The molecule has 0 unspecified atom stereocenters. The van der Waals surface area contributed by atoms with Crippen molar-refractivity contribution < 1.29 is 9.68 Å². The molecule has 2 atom stereocenters. The van der Waals surface area contributed by atoms with Crippen LogP contribution in [0.15, 0.2) is 115 Å². The third-order valence-corrected chi connectivity index (χ3v) is 11.1. The van der Waals surface area contributed by atoms with Crippen molar-refractivity contribution in [2.75, 3.05) is 0 Å². The van der Waals surface area contributed by atoms with E-state index < -0.39 is 0 Å². The van der Waals surface area contributed by atoms with Gasteiger partial charge in [0.1, 0.15) is 12.2 Å². The number of hydrazine groups is 2. The molecule has 2 aliphatic heterocycles. The van der Waals surface area contributed by atoms with Crippen molar-refractivity contribution in [1.82, 2.24) is 21.2 Å². The van der Waals surface area contributed by atoms with E-state index >= 15 is 0 Å². The Morgan fingerprint density at radius 2 is 0.771 bits per heavy atom. The molecule has 0 spiro atoms. The molecule has 1 saturated carbocycles. The molecule has 1 aliphatic carbocycles. The Bertz CT molecular complexity index is 1610. The first-order chi connectivity index (χ1) is 22.9. The Kier molecular flexibility index (Phi) is 8.27. The summed E-state index contributed by atoms with van der Waals surface area (Å²) in [7, 11) is 0. The van der Waals surface area contributed by atoms with E-state index in [9.17, 15) is 0 Å². The number of benzene rings is 4. The minimum Gasteiger partial charge on any atom is -0.279 e. The van der Waals surface area contributed by atoms with Crippen LogP contribution in [0, 0.1) is 0 Å². The van der Waals surface area contributed by atoms with Gasteiger partial charge in [-0.1, -0.05) is 109 Å². The van der Waals surface area contributed by atoms with E-state index in [0.717, 1.165) is 35.1 Å². The topological polar surface area (TPSA) is 49.0 Å². The highest BCUT2D eigenvalue weighted by Crippen LogP contribution is 2.50. The van der Waals surface area contributed by atoms with E-state index in [1.807, 2.05) is 0 Å². The van der Waals surface area contributed by atoms with Gasteiger partial charge in [0.05, 0.1) is 22.2 Å². The number of rotatable bonds is 8. The summed E-state index contributed by atoms with van der Waals surface area (Å²) in [6.07, 6.45) is 1.18. The maximum absolute atomic E-state index is 6.86. The second kappa shape index (κ2) is 12.1. The van der Waals surface area contributed by atoms with E-state index in [4.69, 9.17) is 9.68 Å². The summed E-state index contributed by atoms with van der Waals surface area (Å²) in [5.41, 5.74) is 15.7. The molecule has 250 valence electrons. The van der Waals surface area contributed by atoms with Crippen LogP contribution in [0.4, 0.5) is 0 Å². The normalized spacial score (nSPS) is 23.6. The van der Waals surface area contributed by atoms with Gasteiger partial charge >= 0.3 is 0 Å². The second-order valence-electron chi connectivity index (χ2n) is 15.5. The number of fused-ring (bicyclic) bond motifs is 2. The fourth-order valence-electron chi connectivity index (χ4n) is 8.77. The summed E-state index contributed by atoms with van der Waals surface area (Å²) in [5.74, 6) is 0. The largest absolute Gasteiger partial charge is 0.279 e. The first-order valence-corrected chi connectivity index (χ1v) is 17.3. The van der Waals surface area contributed by atoms with Gasteiger partial charge in [0.15, 0.2) is 0 Å². The molecule has 0 saturated heterocycles. The number of hydrogen-bond donors (Lipinski definition) is 2. The van der Waals surface area contributed by atoms with Gasteiger partial charge < -0.3 is 0 Å². The Labute approximate surface area is 286 Å². The molecule has 2 heterocycles. The van der Waals surface area contributed by atoms with Crippen LogP contribution in [0.2, 0.25) is 0 Å². The van der Waals surface area contributed by atoms with Gasteiger partial charge in [-0.3, -0.25) is 9.68 Å². The fourth-order valence-corrected chi connectivity index (χ4v) is 8.77. The van der Waals surface area contributed by atoms with E-state index in [2.05, 4.69) is 186 Å². The average Bonchev–Trinajstić information content (AvgIpc) is 3.59. The van der Waals surface area contributed by atoms with Crippen LogP contribution in [-0.2, 0) is 31.8 Å². The van der Waals surface area contributed by atoms with Gasteiger partial charge in [-0.15, -0.1) is 11.2 Å². The molecular formula is C42H50N4O2. The summed E-state index contributed by atoms with van der Waals surface area (Å²) in [6.45, 7) is 18.1. The highest BCUT2D eigenvalue weighted by Gasteiger charge is 2.51. The summed E-state index contributed by atoms with van der Waals surface area (Å²) < 4.78 is 0. The molecule has 7 rings (SSSR count). The molecule has 4 aromatic carbocycles. The SMILES string of the molecule is CC1(C)c2ccccc2C(C)(C)N1NO[C@H]1CC[C@H](ONN2C(C)(C)c3ccccc3C2(C)C)C1=C(c1ccccc1)c1ccccc1. The predicted octanol–water partition coefficient (Wildman–Crippen LogP) is 8.86. The Balaban J connectivity index is 1.25. The molecule has 6 nitrogen and oxygen atoms in total. The lowest BCUT2D eigenvalue weighted by atomic mass is 9.90. The lowest BCUT2D eigenvalue weighted by molar-refractivity contribution is -0.186. The zero-order valence-electron chi connectivity index (χ0n) is 29.7. The van der Waals surface area contributed by atoms with E-state index in [1.54, 1.807) is 0 Å². The molecule has 3 aliphatic rings. The van der Waals surface area contributed by atoms with E-state index in [1.165, 1.54) is 22.3 Å². The summed E-state index contributed by atoms with van der Waals surface area (Å²) in [6, 6.07) is 38.8. The first-order valence-electron chi connectivity index (χ1n) is 17.3. The summed E-state index contributed by atoms with van der Waals surface area (Å²) in [4.78, 5) is 13.7. The van der Waals surface area contributed by atoms with Crippen LogP contribution in [0.1, 0.15) is 102 Å². The average molecular weight is 643 g/mol. The third kappa shape index (κ3) is 5.27. The quantitative estimate of drug-likeness (QED) is 0.187. The van der Waals surface area contributed by atoms with Gasteiger partial charge in [-0.2, -0.15) is 0 Å². The van der Waals surface area contributed by atoms with Crippen LogP contribution in [0.5, 0.6) is 0 Å². The number of hydrogen-bond acceptors (Lipinski definition) is 6. The smallest absolute Gasteiger partial charge is 0.105 e. The fraction of sp³-hybridized carbons (Fsp3) is 0.381. The van der Waals surface area contributed by atoms with Crippen molar-refractivity contribution in [2.45, 2.75) is 103 Å². The summed E-state index contributed by atoms with van der Waals surface area (Å²) >= 11 is 0. The first kappa shape index (κ1) is 32.9. The standard InChI is InChI=1S/C42H50N4O2/c1-39(2)31-23-15-16-24-32(31)40(3,4)45(39)43-47-35-27-28-36(38(35)37(29-19-11-9-12-20-29)30-21-13-10-14-22-30)48-44-46-41(5,6)33-25-17-18-26-34(33)42(46,7)8/h9-26,35-36,43-44H,27-28H2,1-8H3/t35-,36-/m0/s1. The Hall–Kier alpha value is -3.62. The zero-order chi connectivity index (χ0) is 33.9. The molecule has 1 fully saturated rings. The highest BCUT2D eigenvalue weighted by molar-refractivity contribution is 5.83. The lowest BCUT2D eigenvalue weighted by Gasteiger charge is -2.41. The van der Waals surface area contributed by atoms with Crippen LogP contribution in [0.25, 0.3) is 5.57 Å². The van der Waals surface area contributed by atoms with Crippen molar-refractivity contribution in [1.29, 1.82) is 0 Å². The van der Waals surface area contributed by atoms with Crippen molar-refractivity contribution in [2.24, 2.45) is 0 Å². The molecule has 2 N–H and O–H groups in total. The molecule has 6 heteroatoms. The van der Waals surface area contributed by atoms with Gasteiger partial charge in [0.2, 0.25) is 0 Å². The van der Waals surface area contributed by atoms with Crippen molar-refractivity contribution in [3.8, 4) is 0 Å². The molecule has 0 aromatic heterocycles. The van der Waals surface area contributed by atoms with Gasteiger partial charge in [0, 0.05) is 0 Å². The van der Waals surface area contributed by atoms with Crippen LogP contribution in [0.3, 0.4) is 0 Å². The highest BCUT2D eigenvalue weighted by atomic mass is 16.7. The van der Waals surface area contributed by atoms with Gasteiger partial charge in [-0.05, 0) is 113 Å². The lowest BCUT2D eigenvalue weighted by Crippen LogP contribution is -2.55. The molecule has 4 aromatic rings. The van der Waals surface area contributed by atoms with E-state index in [-0.39, 0.29) is 34.4 Å². The molecule has 0 radical (unpaired) electrons. The summed E-state index contributed by atoms with van der Waals surface area (Å²) in [5, 5.41) is 4.54. The predicted molar refractivity (Wildman–Crippen MR) is 193 cm³/mol. The Morgan fingerprint density at radius 3 is 1.08 bits per heavy atom. The molecule has 0 bridgehead atoms. The molecule has 0 amide bonds. The number of nitrogens with one attached hydrogen (secondary N) is 2. The second-order valence-corrected chi connectivity index (χ2v) is 15.5. The van der Waals surface area contributed by atoms with E-state index in [0.29, 0.717) is 0 Å². The van der Waals surface area contributed by atoms with Crippen molar-refractivity contribution in [3.05, 3.63) is 148 Å². The molecule has 48 heavy (non-hydrogen) atoms. The third-order valence-electron chi connectivity index (χ3n) is 11.1. The number of nitrogens with zero attached hydrogens (tertiary/aromatic N) is 2. The van der Waals surface area contributed by atoms with Crippen LogP contribution >= 0.6 is 0 Å². The van der Waals surface area contributed by atoms with Gasteiger partial charge in [-0.25, -0.2) is 10.0 Å². The minimum atomic E-state index is -0.274. The molecular weight excluding hydrogens is 592 g/mol. The van der Waals surface area contributed by atoms with Crippen LogP contribution < -0.4 is 11.2 Å². The van der Waals surface area contributed by atoms with Crippen LogP contribution in [-0.4, -0.2) is 22.2 Å². The maximum atomic E-state index is 6.86. The zero-order valence-corrected chi connectivity index (χ0v) is 29.7. The van der Waals surface area contributed by atoms with Gasteiger partial charge in [0.25, 0.3) is 0 Å². The van der Waals surface area contributed by atoms with Crippen molar-refractivity contribution in [3.63, 3.8) is 0 Å². The van der Waals surface area contributed by atoms with Crippen molar-refractivity contribution >= 4 is 5.57 Å². The monoisotopic (exact) mass is 642 g/mol.